The molecule has 0 bridgehead atoms. The molecule has 2 aromatic rings. The van der Waals surface area contributed by atoms with E-state index < -0.39 is 0 Å². The zero-order chi connectivity index (χ0) is 17.4. The van der Waals surface area contributed by atoms with Crippen molar-refractivity contribution in [1.29, 1.82) is 0 Å². The van der Waals surface area contributed by atoms with Crippen LogP contribution in [0.4, 0.5) is 0 Å². The Labute approximate surface area is 143 Å². The number of nitrogens with zero attached hydrogens (tertiary/aromatic N) is 2. The summed E-state index contributed by atoms with van der Waals surface area (Å²) >= 11 is 0. The maximum atomic E-state index is 5.98. The van der Waals surface area contributed by atoms with Crippen LogP contribution in [0.25, 0.3) is 0 Å². The fraction of sp³-hybridized carbons (Fsp3) is 0.200. The Bertz CT molecular complexity index is 678. The van der Waals surface area contributed by atoms with Crippen LogP contribution in [-0.4, -0.2) is 18.3 Å². The van der Waals surface area contributed by atoms with E-state index in [9.17, 15) is 0 Å². The molecule has 0 aliphatic carbocycles. The van der Waals surface area contributed by atoms with Crippen molar-refractivity contribution in [3.05, 3.63) is 84.1 Å². The minimum absolute atomic E-state index is 0.194. The van der Waals surface area contributed by atoms with E-state index in [-0.39, 0.29) is 5.92 Å². The number of nitrogens with one attached hydrogen (secondary N) is 1. The molecular weight excluding hydrogens is 296 g/mol. The van der Waals surface area contributed by atoms with Crippen molar-refractivity contribution in [2.24, 2.45) is 15.7 Å². The average molecular weight is 320 g/mol. The van der Waals surface area contributed by atoms with Crippen molar-refractivity contribution in [1.82, 2.24) is 5.32 Å². The minimum atomic E-state index is 0.194. The van der Waals surface area contributed by atoms with E-state index in [4.69, 9.17) is 5.73 Å². The summed E-state index contributed by atoms with van der Waals surface area (Å²) in [6.45, 7) is 8.02. The molecule has 0 amide bonds. The maximum Gasteiger partial charge on any atom is 0.195 e. The van der Waals surface area contributed by atoms with Gasteiger partial charge in [-0.05, 0) is 25.0 Å². The van der Waals surface area contributed by atoms with E-state index >= 15 is 0 Å². The monoisotopic (exact) mass is 320 g/mol. The van der Waals surface area contributed by atoms with Gasteiger partial charge in [0, 0.05) is 18.2 Å². The second-order valence-electron chi connectivity index (χ2n) is 5.65. The van der Waals surface area contributed by atoms with Gasteiger partial charge in [-0.2, -0.15) is 0 Å². The lowest BCUT2D eigenvalue weighted by atomic mass is 9.91. The van der Waals surface area contributed by atoms with E-state index in [1.165, 1.54) is 11.1 Å². The Balaban J connectivity index is 2.15. The smallest absolute Gasteiger partial charge is 0.195 e. The molecule has 0 saturated heterocycles. The molecule has 0 aliphatic heterocycles. The molecule has 2 aromatic carbocycles. The zero-order valence-corrected chi connectivity index (χ0v) is 14.2. The first-order valence-electron chi connectivity index (χ1n) is 7.95. The van der Waals surface area contributed by atoms with Crippen molar-refractivity contribution in [3.63, 3.8) is 0 Å². The van der Waals surface area contributed by atoms with Gasteiger partial charge in [0.1, 0.15) is 5.84 Å². The van der Waals surface area contributed by atoms with E-state index in [0.29, 0.717) is 24.0 Å². The first-order chi connectivity index (χ1) is 11.6. The third kappa shape index (κ3) is 5.39. The molecule has 0 saturated carbocycles. The van der Waals surface area contributed by atoms with Gasteiger partial charge >= 0.3 is 0 Å². The number of amidine groups is 1. The lowest BCUT2D eigenvalue weighted by Gasteiger charge is -2.19. The minimum Gasteiger partial charge on any atom is -0.370 e. The normalized spacial score (nSPS) is 12.3. The molecule has 24 heavy (non-hydrogen) atoms. The van der Waals surface area contributed by atoms with E-state index in [0.717, 1.165) is 0 Å². The van der Waals surface area contributed by atoms with Crippen molar-refractivity contribution in [2.45, 2.75) is 19.8 Å². The molecule has 0 heterocycles. The Morgan fingerprint density at radius 3 is 1.92 bits per heavy atom. The Kier molecular flexibility index (Phi) is 6.32. The summed E-state index contributed by atoms with van der Waals surface area (Å²) < 4.78 is 0. The van der Waals surface area contributed by atoms with Crippen molar-refractivity contribution < 1.29 is 0 Å². The third-order valence-electron chi connectivity index (χ3n) is 3.53. The van der Waals surface area contributed by atoms with Crippen LogP contribution >= 0.6 is 0 Å². The van der Waals surface area contributed by atoms with E-state index in [1.54, 1.807) is 6.92 Å². The number of allylic oxidation sites excluding steroid dienone is 1. The summed E-state index contributed by atoms with van der Waals surface area (Å²) in [7, 11) is 0. The lowest BCUT2D eigenvalue weighted by Crippen LogP contribution is -2.35. The molecule has 0 radical (unpaired) electrons. The first kappa shape index (κ1) is 17.5. The van der Waals surface area contributed by atoms with Gasteiger partial charge in [-0.1, -0.05) is 67.2 Å². The second kappa shape index (κ2) is 8.67. The van der Waals surface area contributed by atoms with Crippen molar-refractivity contribution in [2.75, 3.05) is 6.54 Å². The summed E-state index contributed by atoms with van der Waals surface area (Å²) in [5.41, 5.74) is 9.15. The van der Waals surface area contributed by atoms with Gasteiger partial charge in [0.25, 0.3) is 0 Å². The maximum absolute atomic E-state index is 5.98. The van der Waals surface area contributed by atoms with Gasteiger partial charge in [0.05, 0.1) is 0 Å². The van der Waals surface area contributed by atoms with Gasteiger partial charge in [-0.25, -0.2) is 9.98 Å². The van der Waals surface area contributed by atoms with E-state index in [1.807, 2.05) is 43.3 Å². The largest absolute Gasteiger partial charge is 0.370 e. The van der Waals surface area contributed by atoms with Crippen LogP contribution in [0.5, 0.6) is 0 Å². The number of rotatable bonds is 5. The molecule has 0 aromatic heterocycles. The molecule has 4 nitrogen and oxygen atoms in total. The van der Waals surface area contributed by atoms with Crippen LogP contribution < -0.4 is 11.1 Å². The van der Waals surface area contributed by atoms with Crippen molar-refractivity contribution in [3.8, 4) is 0 Å². The third-order valence-corrected chi connectivity index (χ3v) is 3.53. The predicted octanol–water partition coefficient (Wildman–Crippen LogP) is 3.67. The van der Waals surface area contributed by atoms with Crippen LogP contribution in [0.2, 0.25) is 0 Å². The standard InChI is InChI=1S/C20H24N4/c1-15(2)23-16(3)24-20(21)22-14-19(17-10-6-4-7-11-17)18-12-8-5-9-13-18/h4-13,19H,1,14H2,2-3H3,(H3,21,22,23,24). The van der Waals surface area contributed by atoms with Crippen LogP contribution in [-0.2, 0) is 0 Å². The average Bonchev–Trinajstić information content (AvgIpc) is 2.56. The number of benzene rings is 2. The summed E-state index contributed by atoms with van der Waals surface area (Å²) in [5.74, 6) is 1.14. The molecule has 2 rings (SSSR count). The molecular formula is C20H24N4. The molecule has 0 fully saturated rings. The zero-order valence-electron chi connectivity index (χ0n) is 14.2. The quantitative estimate of drug-likeness (QED) is 0.652. The number of nitrogens with two attached hydrogens (primary N) is 1. The predicted molar refractivity (Wildman–Crippen MR) is 102 cm³/mol. The lowest BCUT2D eigenvalue weighted by molar-refractivity contribution is 0.753. The Hall–Kier alpha value is -2.88. The van der Waals surface area contributed by atoms with Crippen LogP contribution in [0, 0.1) is 0 Å². The SMILES string of the molecule is C=C(C)/N=C(C)\N=C(/N)NCC(c1ccccc1)c1ccccc1. The number of aliphatic imine (C=N–C) groups is 2. The topological polar surface area (TPSA) is 62.8 Å². The molecule has 124 valence electrons. The highest BCUT2D eigenvalue weighted by atomic mass is 15.1. The second-order valence-corrected chi connectivity index (χ2v) is 5.65. The van der Waals surface area contributed by atoms with Crippen molar-refractivity contribution >= 4 is 11.8 Å². The Morgan fingerprint density at radius 1 is 0.958 bits per heavy atom. The highest BCUT2D eigenvalue weighted by Crippen LogP contribution is 2.23. The number of guanidine groups is 1. The molecule has 4 heteroatoms. The summed E-state index contributed by atoms with van der Waals surface area (Å²) in [6.07, 6.45) is 0. The highest BCUT2D eigenvalue weighted by molar-refractivity contribution is 5.94. The van der Waals surface area contributed by atoms with Crippen LogP contribution in [0.1, 0.15) is 30.9 Å². The highest BCUT2D eigenvalue weighted by Gasteiger charge is 2.13. The van der Waals surface area contributed by atoms with Crippen LogP contribution in [0.15, 0.2) is 82.9 Å². The molecule has 0 spiro atoms. The summed E-state index contributed by atoms with van der Waals surface area (Å²) in [6, 6.07) is 20.7. The van der Waals surface area contributed by atoms with Gasteiger partial charge in [0.15, 0.2) is 5.96 Å². The van der Waals surface area contributed by atoms with Gasteiger partial charge < -0.3 is 11.1 Å². The van der Waals surface area contributed by atoms with Gasteiger partial charge in [0.2, 0.25) is 0 Å². The molecule has 0 atom stereocenters. The summed E-state index contributed by atoms with van der Waals surface area (Å²) in [4.78, 5) is 8.42. The van der Waals surface area contributed by atoms with Gasteiger partial charge in [-0.3, -0.25) is 0 Å². The molecule has 0 aliphatic rings. The molecule has 0 unspecified atom stereocenters. The first-order valence-corrected chi connectivity index (χ1v) is 7.95. The number of hydrogen-bond acceptors (Lipinski definition) is 1. The van der Waals surface area contributed by atoms with Crippen LogP contribution in [0.3, 0.4) is 0 Å². The summed E-state index contributed by atoms with van der Waals surface area (Å²) in [5, 5.41) is 3.20. The Morgan fingerprint density at radius 2 is 1.46 bits per heavy atom. The van der Waals surface area contributed by atoms with E-state index in [2.05, 4.69) is 46.1 Å². The van der Waals surface area contributed by atoms with Gasteiger partial charge in [-0.15, -0.1) is 0 Å². The molecule has 3 N–H and O–H groups in total. The fourth-order valence-corrected chi connectivity index (χ4v) is 2.52. The fourth-order valence-electron chi connectivity index (χ4n) is 2.52. The number of hydrogen-bond donors (Lipinski definition) is 2.